The molecule has 0 amide bonds. The number of Topliss-reactive ketones (excluding diaryl/α,β-unsaturated/α-hetero) is 1. The lowest BCUT2D eigenvalue weighted by Gasteiger charge is -2.45. The molecule has 0 saturated carbocycles. The average molecular weight is 452 g/mol. The maximum absolute atomic E-state index is 12.8. The quantitative estimate of drug-likeness (QED) is 0.427. The van der Waals surface area contributed by atoms with Crippen LogP contribution in [0.2, 0.25) is 0 Å². The van der Waals surface area contributed by atoms with E-state index in [4.69, 9.17) is 10.1 Å². The zero-order chi connectivity index (χ0) is 22.7. The van der Waals surface area contributed by atoms with Crippen LogP contribution in [-0.2, 0) is 16.6 Å². The van der Waals surface area contributed by atoms with Crippen molar-refractivity contribution >= 4 is 27.3 Å². The van der Waals surface area contributed by atoms with Crippen LogP contribution in [0.25, 0.3) is 26.6 Å². The number of carbonyl (C=O) groups excluding carboxylic acids is 1. The number of hydrogen-bond acceptors (Lipinski definition) is 6. The van der Waals surface area contributed by atoms with Gasteiger partial charge < -0.3 is 0 Å². The Balaban J connectivity index is 1.67. The van der Waals surface area contributed by atoms with E-state index in [9.17, 15) is 10.1 Å². The van der Waals surface area contributed by atoms with Crippen LogP contribution in [0.5, 0.6) is 0 Å². The predicted molar refractivity (Wildman–Crippen MR) is 127 cm³/mol. The predicted octanol–water partition coefficient (Wildman–Crippen LogP) is 5.03. The van der Waals surface area contributed by atoms with Crippen molar-refractivity contribution in [3.8, 4) is 22.5 Å². The zero-order valence-corrected chi connectivity index (χ0v) is 19.1. The highest BCUT2D eigenvalue weighted by Crippen LogP contribution is 2.52. The molecule has 1 aromatic carbocycles. The number of benzene rings is 1. The highest BCUT2D eigenvalue weighted by Gasteiger charge is 2.51. The van der Waals surface area contributed by atoms with Crippen molar-refractivity contribution in [2.24, 2.45) is 11.8 Å². The Bertz CT molecular complexity index is 1460. The Morgan fingerprint density at radius 1 is 1.24 bits per heavy atom. The third kappa shape index (κ3) is 2.84. The van der Waals surface area contributed by atoms with Gasteiger partial charge in [-0.15, -0.1) is 0 Å². The van der Waals surface area contributed by atoms with Gasteiger partial charge in [0.1, 0.15) is 6.07 Å². The number of hydrogen-bond donors (Lipinski definition) is 0. The minimum absolute atomic E-state index is 0.0537. The van der Waals surface area contributed by atoms with E-state index in [-0.39, 0.29) is 23.2 Å². The Morgan fingerprint density at radius 3 is 2.85 bits per heavy atom. The van der Waals surface area contributed by atoms with E-state index in [0.717, 1.165) is 50.7 Å². The lowest BCUT2D eigenvalue weighted by Crippen LogP contribution is -2.46. The first kappa shape index (κ1) is 20.0. The Hall–Kier alpha value is -3.63. The van der Waals surface area contributed by atoms with Crippen molar-refractivity contribution in [2.75, 3.05) is 0 Å². The molecule has 0 saturated heterocycles. The fourth-order valence-corrected chi connectivity index (χ4v) is 6.59. The summed E-state index contributed by atoms with van der Waals surface area (Å²) in [6.07, 6.45) is 7.16. The molecule has 0 fully saturated rings. The number of aromatic nitrogens is 4. The minimum atomic E-state index is -0.503. The molecule has 0 spiro atoms. The van der Waals surface area contributed by atoms with Gasteiger partial charge >= 0.3 is 0 Å². The molecule has 33 heavy (non-hydrogen) atoms. The molecule has 6 nitrogen and oxygen atoms in total. The van der Waals surface area contributed by atoms with Crippen molar-refractivity contribution in [1.82, 2.24) is 19.7 Å². The number of nitrogens with zero attached hydrogens (tertiary/aromatic N) is 5. The number of fused-ring (bicyclic) bond motifs is 4. The zero-order valence-electron chi connectivity index (χ0n) is 18.3. The van der Waals surface area contributed by atoms with Crippen LogP contribution in [-0.4, -0.2) is 25.5 Å². The number of para-hydroxylation sites is 1. The number of carbonyl (C=O) groups is 1. The van der Waals surface area contributed by atoms with Gasteiger partial charge in [0.05, 0.1) is 27.2 Å². The normalized spacial score (nSPS) is 24.2. The standard InChI is InChI=1S/C26H21N5OS/c1-15-19-10-9-18-22(16-6-5-11-28-14-16)30-31(25-29-20-7-3-4-8-21(20)33-25)24(18)26(19,2)12-17(13-27)23(15)32/h3-8,11-12,14-15,19H,9-10H2,1-2H3/t15-,19-,26-/m1/s1. The first-order valence-electron chi connectivity index (χ1n) is 11.1. The van der Waals surface area contributed by atoms with Crippen LogP contribution in [0.15, 0.2) is 60.4 Å². The summed E-state index contributed by atoms with van der Waals surface area (Å²) in [4.78, 5) is 22.0. The lowest BCUT2D eigenvalue weighted by molar-refractivity contribution is -0.121. The van der Waals surface area contributed by atoms with Gasteiger partial charge in [-0.25, -0.2) is 9.67 Å². The maximum atomic E-state index is 12.8. The van der Waals surface area contributed by atoms with E-state index in [1.165, 1.54) is 0 Å². The van der Waals surface area contributed by atoms with Crippen LogP contribution >= 0.6 is 11.3 Å². The summed E-state index contributed by atoms with van der Waals surface area (Å²) >= 11 is 1.60. The highest BCUT2D eigenvalue weighted by molar-refractivity contribution is 7.20. The molecule has 0 unspecified atom stereocenters. The van der Waals surface area contributed by atoms with Crippen molar-refractivity contribution < 1.29 is 4.79 Å². The van der Waals surface area contributed by atoms with Gasteiger partial charge in [0.15, 0.2) is 5.78 Å². The highest BCUT2D eigenvalue weighted by atomic mass is 32.1. The first-order valence-corrected chi connectivity index (χ1v) is 11.9. The van der Waals surface area contributed by atoms with Gasteiger partial charge in [0.2, 0.25) is 5.13 Å². The molecule has 3 aromatic heterocycles. The van der Waals surface area contributed by atoms with E-state index < -0.39 is 5.41 Å². The first-order chi connectivity index (χ1) is 16.0. The molecular formula is C26H21N5OS. The van der Waals surface area contributed by atoms with Crippen molar-refractivity contribution in [2.45, 2.75) is 32.1 Å². The summed E-state index contributed by atoms with van der Waals surface area (Å²) in [5, 5.41) is 15.6. The molecule has 0 aliphatic heterocycles. The summed E-state index contributed by atoms with van der Waals surface area (Å²) in [5.41, 5.74) is 4.71. The molecule has 2 aliphatic carbocycles. The molecule has 0 radical (unpaired) electrons. The van der Waals surface area contributed by atoms with E-state index in [1.807, 2.05) is 54.2 Å². The number of ketones is 1. The average Bonchev–Trinajstić information content (AvgIpc) is 3.44. The van der Waals surface area contributed by atoms with Crippen molar-refractivity contribution in [3.63, 3.8) is 0 Å². The number of allylic oxidation sites excluding steroid dienone is 2. The molecule has 4 aromatic rings. The smallest absolute Gasteiger partial charge is 0.211 e. The third-order valence-electron chi connectivity index (χ3n) is 7.22. The molecule has 3 heterocycles. The van der Waals surface area contributed by atoms with Crippen molar-refractivity contribution in [3.05, 3.63) is 71.7 Å². The summed E-state index contributed by atoms with van der Waals surface area (Å²) in [6, 6.07) is 14.2. The number of rotatable bonds is 2. The lowest BCUT2D eigenvalue weighted by atomic mass is 9.58. The van der Waals surface area contributed by atoms with Crippen LogP contribution in [0.4, 0.5) is 0 Å². The topological polar surface area (TPSA) is 84.5 Å². The van der Waals surface area contributed by atoms with Gasteiger partial charge in [-0.2, -0.15) is 10.4 Å². The second-order valence-electron chi connectivity index (χ2n) is 9.04. The molecule has 3 atom stereocenters. The second-order valence-corrected chi connectivity index (χ2v) is 10.1. The van der Waals surface area contributed by atoms with Gasteiger partial charge in [-0.1, -0.05) is 43.4 Å². The summed E-state index contributed by atoms with van der Waals surface area (Å²) in [5.74, 6) is -0.175. The van der Waals surface area contributed by atoms with Crippen LogP contribution < -0.4 is 0 Å². The largest absolute Gasteiger partial charge is 0.293 e. The fraction of sp³-hybridized carbons (Fsp3) is 0.269. The minimum Gasteiger partial charge on any atom is -0.293 e. The van der Waals surface area contributed by atoms with E-state index in [2.05, 4.69) is 24.0 Å². The maximum Gasteiger partial charge on any atom is 0.211 e. The summed E-state index contributed by atoms with van der Waals surface area (Å²) in [7, 11) is 0. The summed E-state index contributed by atoms with van der Waals surface area (Å²) in [6.45, 7) is 4.11. The molecule has 0 bridgehead atoms. The number of nitriles is 1. The van der Waals surface area contributed by atoms with Crippen LogP contribution in [0.1, 0.15) is 31.5 Å². The van der Waals surface area contributed by atoms with Gasteiger partial charge in [-0.05, 0) is 43.0 Å². The van der Waals surface area contributed by atoms with Gasteiger partial charge in [-0.3, -0.25) is 9.78 Å². The SMILES string of the molecule is C[C@H]1C(=O)C(C#N)=C[C@@]2(C)c3c(c(-c4cccnc4)nn3-c3nc4ccccc4s3)CC[C@H]12. The fourth-order valence-electron chi connectivity index (χ4n) is 5.67. The van der Waals surface area contributed by atoms with Gasteiger partial charge in [0.25, 0.3) is 0 Å². The number of thiazole rings is 1. The molecule has 0 N–H and O–H groups in total. The molecule has 162 valence electrons. The molecule has 7 heteroatoms. The summed E-state index contributed by atoms with van der Waals surface area (Å²) < 4.78 is 3.06. The Kier molecular flexibility index (Phi) is 4.36. The second kappa shape index (κ2) is 7.19. The molecule has 2 aliphatic rings. The van der Waals surface area contributed by atoms with E-state index >= 15 is 0 Å². The molecule has 6 rings (SSSR count). The van der Waals surface area contributed by atoms with Crippen LogP contribution in [0, 0.1) is 23.2 Å². The van der Waals surface area contributed by atoms with Crippen LogP contribution in [0.3, 0.4) is 0 Å². The van der Waals surface area contributed by atoms with E-state index in [0.29, 0.717) is 0 Å². The Morgan fingerprint density at radius 2 is 2.09 bits per heavy atom. The Labute approximate surface area is 195 Å². The van der Waals surface area contributed by atoms with Crippen molar-refractivity contribution in [1.29, 1.82) is 5.26 Å². The monoisotopic (exact) mass is 451 g/mol. The van der Waals surface area contributed by atoms with E-state index in [1.54, 1.807) is 17.5 Å². The molecular weight excluding hydrogens is 430 g/mol. The third-order valence-corrected chi connectivity index (χ3v) is 8.23. The van der Waals surface area contributed by atoms with Gasteiger partial charge in [0, 0.05) is 34.9 Å². The number of pyridine rings is 1.